The van der Waals surface area contributed by atoms with Crippen LogP contribution in [-0.4, -0.2) is 10.9 Å². The molecule has 0 radical (unpaired) electrons. The first-order chi connectivity index (χ1) is 9.13. The molecule has 0 amide bonds. The van der Waals surface area contributed by atoms with Crippen LogP contribution in [0.15, 0.2) is 18.2 Å². The van der Waals surface area contributed by atoms with Crippen molar-refractivity contribution in [3.05, 3.63) is 29.8 Å². The zero-order valence-corrected chi connectivity index (χ0v) is 12.3. The van der Waals surface area contributed by atoms with E-state index in [1.165, 1.54) is 31.4 Å². The molecular formula is C15H17BrF2O. The lowest BCUT2D eigenvalue weighted by atomic mass is 9.58. The van der Waals surface area contributed by atoms with Crippen LogP contribution in [0, 0.1) is 17.0 Å². The summed E-state index contributed by atoms with van der Waals surface area (Å²) in [6.07, 6.45) is 6.78. The van der Waals surface area contributed by atoms with Crippen LogP contribution in [0.2, 0.25) is 0 Å². The summed E-state index contributed by atoms with van der Waals surface area (Å²) in [6, 6.07) is 4.12. The van der Waals surface area contributed by atoms with E-state index in [2.05, 4.69) is 15.9 Å². The van der Waals surface area contributed by atoms with Crippen molar-refractivity contribution < 1.29 is 13.5 Å². The van der Waals surface area contributed by atoms with Crippen molar-refractivity contribution in [2.24, 2.45) is 5.41 Å². The fraction of sp³-hybridized carbons (Fsp3) is 0.600. The number of hydrogen-bond donors (Lipinski definition) is 0. The van der Waals surface area contributed by atoms with Gasteiger partial charge in [0.05, 0.1) is 0 Å². The summed E-state index contributed by atoms with van der Waals surface area (Å²) in [4.78, 5) is 0.446. The normalized spacial score (nSPS) is 29.0. The molecule has 2 atom stereocenters. The molecular weight excluding hydrogens is 314 g/mol. The first-order valence-corrected chi connectivity index (χ1v) is 7.80. The SMILES string of the molecule is Fc1cccc(OC2CC(Br)C23CCCCC3)c1F. The highest BCUT2D eigenvalue weighted by atomic mass is 79.9. The van der Waals surface area contributed by atoms with Crippen molar-refractivity contribution in [3.63, 3.8) is 0 Å². The van der Waals surface area contributed by atoms with Crippen molar-refractivity contribution in [1.29, 1.82) is 0 Å². The Morgan fingerprint density at radius 3 is 2.58 bits per heavy atom. The lowest BCUT2D eigenvalue weighted by Gasteiger charge is -2.55. The van der Waals surface area contributed by atoms with Crippen LogP contribution < -0.4 is 4.74 Å². The van der Waals surface area contributed by atoms with E-state index in [1.807, 2.05) is 0 Å². The van der Waals surface area contributed by atoms with Gasteiger partial charge in [-0.15, -0.1) is 0 Å². The summed E-state index contributed by atoms with van der Waals surface area (Å²) in [5.74, 6) is -1.66. The number of benzene rings is 1. The first-order valence-electron chi connectivity index (χ1n) is 6.88. The molecule has 0 aliphatic heterocycles. The van der Waals surface area contributed by atoms with Crippen molar-refractivity contribution in [2.45, 2.75) is 49.5 Å². The summed E-state index contributed by atoms with van der Waals surface area (Å²) in [6.45, 7) is 0. The summed E-state index contributed by atoms with van der Waals surface area (Å²) in [7, 11) is 0. The minimum Gasteiger partial charge on any atom is -0.487 e. The van der Waals surface area contributed by atoms with Crippen LogP contribution in [0.1, 0.15) is 38.5 Å². The number of halogens is 3. The molecule has 3 rings (SSSR count). The van der Waals surface area contributed by atoms with E-state index in [4.69, 9.17) is 4.74 Å². The van der Waals surface area contributed by atoms with E-state index in [1.54, 1.807) is 0 Å². The predicted octanol–water partition coefficient (Wildman–Crippen LogP) is 4.83. The molecule has 1 aromatic carbocycles. The van der Waals surface area contributed by atoms with Gasteiger partial charge in [0.15, 0.2) is 11.6 Å². The van der Waals surface area contributed by atoms with Gasteiger partial charge in [0, 0.05) is 10.2 Å². The molecule has 2 aliphatic carbocycles. The molecule has 0 N–H and O–H groups in total. The van der Waals surface area contributed by atoms with Gasteiger partial charge in [-0.3, -0.25) is 0 Å². The first kappa shape index (κ1) is 13.3. The Hall–Kier alpha value is -0.640. The topological polar surface area (TPSA) is 9.23 Å². The van der Waals surface area contributed by atoms with Gasteiger partial charge < -0.3 is 4.74 Å². The van der Waals surface area contributed by atoms with Gasteiger partial charge in [-0.25, -0.2) is 4.39 Å². The summed E-state index contributed by atoms with van der Waals surface area (Å²) in [5.41, 5.74) is 0.122. The van der Waals surface area contributed by atoms with Crippen LogP contribution in [0.5, 0.6) is 5.75 Å². The molecule has 0 heterocycles. The summed E-state index contributed by atoms with van der Waals surface area (Å²) < 4.78 is 32.6. The molecule has 104 valence electrons. The second kappa shape index (κ2) is 5.04. The van der Waals surface area contributed by atoms with Gasteiger partial charge in [-0.05, 0) is 31.4 Å². The standard InChI is InChI=1S/C15H17BrF2O/c16-12-9-13(15(12)7-2-1-3-8-15)19-11-6-4-5-10(17)14(11)18/h4-6,12-13H,1-3,7-9H2. The van der Waals surface area contributed by atoms with Crippen LogP contribution in [0.3, 0.4) is 0 Å². The molecule has 1 spiro atoms. The third-order valence-electron chi connectivity index (χ3n) is 4.66. The van der Waals surface area contributed by atoms with Gasteiger partial charge in [0.25, 0.3) is 0 Å². The molecule has 1 nitrogen and oxygen atoms in total. The van der Waals surface area contributed by atoms with E-state index in [0.717, 1.165) is 25.3 Å². The molecule has 19 heavy (non-hydrogen) atoms. The van der Waals surface area contributed by atoms with E-state index < -0.39 is 11.6 Å². The maximum Gasteiger partial charge on any atom is 0.200 e. The predicted molar refractivity (Wildman–Crippen MR) is 73.6 cm³/mol. The molecule has 2 saturated carbocycles. The van der Waals surface area contributed by atoms with Crippen molar-refractivity contribution in [2.75, 3.05) is 0 Å². The number of hydrogen-bond acceptors (Lipinski definition) is 1. The maximum absolute atomic E-state index is 13.7. The second-order valence-electron chi connectivity index (χ2n) is 5.66. The Morgan fingerprint density at radius 2 is 1.89 bits per heavy atom. The van der Waals surface area contributed by atoms with Crippen molar-refractivity contribution >= 4 is 15.9 Å². The highest BCUT2D eigenvalue weighted by molar-refractivity contribution is 9.09. The van der Waals surface area contributed by atoms with Crippen LogP contribution in [0.25, 0.3) is 0 Å². The highest BCUT2D eigenvalue weighted by Gasteiger charge is 2.55. The van der Waals surface area contributed by atoms with E-state index in [9.17, 15) is 8.78 Å². The summed E-state index contributed by atoms with van der Waals surface area (Å²) in [5, 5.41) is 0. The zero-order chi connectivity index (χ0) is 13.5. The molecule has 0 bridgehead atoms. The van der Waals surface area contributed by atoms with E-state index in [0.29, 0.717) is 4.83 Å². The molecule has 2 unspecified atom stereocenters. The lowest BCUT2D eigenvalue weighted by molar-refractivity contribution is -0.0619. The Balaban J connectivity index is 1.78. The lowest BCUT2D eigenvalue weighted by Crippen LogP contribution is -2.57. The minimum atomic E-state index is -0.869. The van der Waals surface area contributed by atoms with Crippen LogP contribution >= 0.6 is 15.9 Å². The minimum absolute atomic E-state index is 0.00785. The van der Waals surface area contributed by atoms with Gasteiger partial charge in [-0.2, -0.15) is 4.39 Å². The second-order valence-corrected chi connectivity index (χ2v) is 6.76. The highest BCUT2D eigenvalue weighted by Crippen LogP contribution is 2.56. The number of rotatable bonds is 2. The third-order valence-corrected chi connectivity index (χ3v) is 5.94. The van der Waals surface area contributed by atoms with Gasteiger partial charge in [0.1, 0.15) is 6.10 Å². The fourth-order valence-corrected chi connectivity index (χ4v) is 4.53. The zero-order valence-electron chi connectivity index (χ0n) is 10.7. The Bertz CT molecular complexity index is 471. The van der Waals surface area contributed by atoms with Crippen LogP contribution in [-0.2, 0) is 0 Å². The number of ether oxygens (including phenoxy) is 1. The number of alkyl halides is 1. The van der Waals surface area contributed by atoms with Crippen molar-refractivity contribution in [1.82, 2.24) is 0 Å². The molecule has 0 aromatic heterocycles. The monoisotopic (exact) mass is 330 g/mol. The van der Waals surface area contributed by atoms with Gasteiger partial charge in [-0.1, -0.05) is 41.3 Å². The van der Waals surface area contributed by atoms with Crippen LogP contribution in [0.4, 0.5) is 8.78 Å². The molecule has 0 saturated heterocycles. The van der Waals surface area contributed by atoms with Gasteiger partial charge >= 0.3 is 0 Å². The molecule has 4 heteroatoms. The fourth-order valence-electron chi connectivity index (χ4n) is 3.44. The van der Waals surface area contributed by atoms with Gasteiger partial charge in [0.2, 0.25) is 5.82 Å². The van der Waals surface area contributed by atoms with Crippen molar-refractivity contribution in [3.8, 4) is 5.75 Å². The Labute approximate surface area is 120 Å². The smallest absolute Gasteiger partial charge is 0.200 e. The van der Waals surface area contributed by atoms with E-state index in [-0.39, 0.29) is 17.3 Å². The largest absolute Gasteiger partial charge is 0.487 e. The Kier molecular flexibility index (Phi) is 3.54. The maximum atomic E-state index is 13.7. The average Bonchev–Trinajstić information content (AvgIpc) is 2.44. The molecule has 2 aliphatic rings. The Morgan fingerprint density at radius 1 is 1.16 bits per heavy atom. The third kappa shape index (κ3) is 2.18. The molecule has 1 aromatic rings. The van der Waals surface area contributed by atoms with E-state index >= 15 is 0 Å². The molecule has 2 fully saturated rings. The average molecular weight is 331 g/mol. The quantitative estimate of drug-likeness (QED) is 0.706. The summed E-state index contributed by atoms with van der Waals surface area (Å²) >= 11 is 3.72.